The van der Waals surface area contributed by atoms with E-state index in [2.05, 4.69) is 5.32 Å². The average Bonchev–Trinajstić information content (AvgIpc) is 2.99. The Morgan fingerprint density at radius 2 is 1.38 bits per heavy atom. The molecule has 0 spiro atoms. The third-order valence-corrected chi connectivity index (χ3v) is 4.71. The number of carbonyl (C=O) groups is 4. The van der Waals surface area contributed by atoms with Gasteiger partial charge < -0.3 is 5.32 Å². The van der Waals surface area contributed by atoms with Crippen molar-refractivity contribution in [3.63, 3.8) is 0 Å². The lowest BCUT2D eigenvalue weighted by Gasteiger charge is -2.13. The number of Topliss-reactive ketones (excluding diaryl/α,β-unsaturated/α-hetero) is 1. The number of nitrogens with one attached hydrogen (secondary N) is 1. The maximum atomic E-state index is 12.8. The summed E-state index contributed by atoms with van der Waals surface area (Å²) in [6.45, 7) is 1.47. The van der Waals surface area contributed by atoms with Crippen molar-refractivity contribution < 1.29 is 19.2 Å². The van der Waals surface area contributed by atoms with Gasteiger partial charge in [0, 0.05) is 16.8 Å². The average molecular weight is 384 g/mol. The summed E-state index contributed by atoms with van der Waals surface area (Å²) < 4.78 is 0. The summed E-state index contributed by atoms with van der Waals surface area (Å²) in [7, 11) is 0. The van der Waals surface area contributed by atoms with Gasteiger partial charge in [0.2, 0.25) is 0 Å². The number of amides is 3. The molecule has 0 unspecified atom stereocenters. The highest BCUT2D eigenvalue weighted by Gasteiger charge is 2.37. The lowest BCUT2D eigenvalue weighted by Crippen LogP contribution is -2.29. The summed E-state index contributed by atoms with van der Waals surface area (Å²) in [6, 6.07) is 19.6. The van der Waals surface area contributed by atoms with Gasteiger partial charge >= 0.3 is 0 Å². The maximum Gasteiger partial charge on any atom is 0.266 e. The molecule has 6 nitrogen and oxygen atoms in total. The molecule has 0 saturated heterocycles. The Kier molecular flexibility index (Phi) is 4.52. The first-order valence-corrected chi connectivity index (χ1v) is 8.96. The van der Waals surface area contributed by atoms with E-state index in [9.17, 15) is 19.2 Å². The fourth-order valence-corrected chi connectivity index (χ4v) is 3.19. The first-order chi connectivity index (χ1) is 14.0. The third-order valence-electron chi connectivity index (χ3n) is 4.71. The Morgan fingerprint density at radius 1 is 0.759 bits per heavy atom. The fraction of sp³-hybridized carbons (Fsp3) is 0.0435. The van der Waals surface area contributed by atoms with Gasteiger partial charge in [-0.1, -0.05) is 18.2 Å². The Hall–Kier alpha value is -4.06. The van der Waals surface area contributed by atoms with Crippen LogP contribution in [0, 0.1) is 0 Å². The van der Waals surface area contributed by atoms with Gasteiger partial charge in [0.1, 0.15) is 0 Å². The molecule has 3 aromatic rings. The van der Waals surface area contributed by atoms with Crippen LogP contribution >= 0.6 is 0 Å². The van der Waals surface area contributed by atoms with Crippen LogP contribution in [0.4, 0.5) is 11.4 Å². The molecule has 1 N–H and O–H groups in total. The van der Waals surface area contributed by atoms with E-state index in [4.69, 9.17) is 0 Å². The number of fused-ring (bicyclic) bond motifs is 1. The zero-order chi connectivity index (χ0) is 20.5. The van der Waals surface area contributed by atoms with Crippen molar-refractivity contribution in [1.29, 1.82) is 0 Å². The molecule has 29 heavy (non-hydrogen) atoms. The highest BCUT2D eigenvalue weighted by atomic mass is 16.2. The molecule has 142 valence electrons. The topological polar surface area (TPSA) is 83.6 Å². The fourth-order valence-electron chi connectivity index (χ4n) is 3.19. The van der Waals surface area contributed by atoms with Crippen LogP contribution in [0.2, 0.25) is 0 Å². The quantitative estimate of drug-likeness (QED) is 0.545. The summed E-state index contributed by atoms with van der Waals surface area (Å²) in [5.41, 5.74) is 2.27. The SMILES string of the molecule is CC(=O)c1ccc(NC(=O)c2ccc3c(c2)C(=O)N(c2ccccc2)C3=O)cc1. The number of hydrogen-bond donors (Lipinski definition) is 1. The van der Waals surface area contributed by atoms with Crippen LogP contribution < -0.4 is 10.2 Å². The summed E-state index contributed by atoms with van der Waals surface area (Å²) in [5, 5.41) is 2.72. The van der Waals surface area contributed by atoms with E-state index >= 15 is 0 Å². The Balaban J connectivity index is 1.59. The molecular formula is C23H16N2O4. The van der Waals surface area contributed by atoms with Gasteiger partial charge in [-0.05, 0) is 61.5 Å². The molecule has 1 aliphatic rings. The van der Waals surface area contributed by atoms with Crippen molar-refractivity contribution in [3.05, 3.63) is 95.1 Å². The van der Waals surface area contributed by atoms with Gasteiger partial charge in [-0.3, -0.25) is 19.2 Å². The molecular weight excluding hydrogens is 368 g/mol. The van der Waals surface area contributed by atoms with Crippen molar-refractivity contribution >= 4 is 34.9 Å². The van der Waals surface area contributed by atoms with Crippen molar-refractivity contribution in [1.82, 2.24) is 0 Å². The van der Waals surface area contributed by atoms with Gasteiger partial charge in [0.05, 0.1) is 16.8 Å². The summed E-state index contributed by atoms with van der Waals surface area (Å²) in [4.78, 5) is 50.5. The number of ketones is 1. The largest absolute Gasteiger partial charge is 0.322 e. The lowest BCUT2D eigenvalue weighted by molar-refractivity contribution is 0.0924. The minimum absolute atomic E-state index is 0.0624. The lowest BCUT2D eigenvalue weighted by atomic mass is 10.1. The molecule has 0 aliphatic carbocycles. The van der Waals surface area contributed by atoms with Crippen molar-refractivity contribution in [2.24, 2.45) is 0 Å². The molecule has 3 amide bonds. The van der Waals surface area contributed by atoms with Crippen LogP contribution in [0.1, 0.15) is 48.4 Å². The highest BCUT2D eigenvalue weighted by molar-refractivity contribution is 6.34. The molecule has 0 fully saturated rings. The number of hydrogen-bond acceptors (Lipinski definition) is 4. The molecule has 0 bridgehead atoms. The normalized spacial score (nSPS) is 12.7. The minimum Gasteiger partial charge on any atom is -0.322 e. The van der Waals surface area contributed by atoms with Crippen molar-refractivity contribution in [2.45, 2.75) is 6.92 Å². The maximum absolute atomic E-state index is 12.8. The van der Waals surface area contributed by atoms with E-state index in [0.29, 0.717) is 16.9 Å². The number of nitrogens with zero attached hydrogens (tertiary/aromatic N) is 1. The van der Waals surface area contributed by atoms with Crippen LogP contribution in [0.25, 0.3) is 0 Å². The molecule has 4 rings (SSSR count). The zero-order valence-electron chi connectivity index (χ0n) is 15.5. The molecule has 6 heteroatoms. The molecule has 3 aromatic carbocycles. The van der Waals surface area contributed by atoms with Crippen LogP contribution in [0.3, 0.4) is 0 Å². The number of benzene rings is 3. The van der Waals surface area contributed by atoms with Crippen LogP contribution in [-0.2, 0) is 0 Å². The highest BCUT2D eigenvalue weighted by Crippen LogP contribution is 2.29. The van der Waals surface area contributed by atoms with Gasteiger partial charge in [-0.2, -0.15) is 0 Å². The molecule has 1 aliphatic heterocycles. The smallest absolute Gasteiger partial charge is 0.266 e. The van der Waals surface area contributed by atoms with Crippen LogP contribution in [0.5, 0.6) is 0 Å². The molecule has 0 saturated carbocycles. The predicted octanol–water partition coefficient (Wildman–Crippen LogP) is 3.94. The van der Waals surface area contributed by atoms with Crippen molar-refractivity contribution in [3.8, 4) is 0 Å². The van der Waals surface area contributed by atoms with E-state index in [0.717, 1.165) is 4.90 Å². The van der Waals surface area contributed by atoms with Gasteiger partial charge in [0.25, 0.3) is 17.7 Å². The molecule has 1 heterocycles. The molecule has 0 aromatic heterocycles. The number of rotatable bonds is 4. The van der Waals surface area contributed by atoms with Crippen LogP contribution in [-0.4, -0.2) is 23.5 Å². The second-order valence-electron chi connectivity index (χ2n) is 6.63. The second-order valence-corrected chi connectivity index (χ2v) is 6.63. The standard InChI is InChI=1S/C23H16N2O4/c1-14(26)15-7-10-17(11-8-15)24-21(27)16-9-12-19-20(13-16)23(29)25(22(19)28)18-5-3-2-4-6-18/h2-13H,1H3,(H,24,27). The van der Waals surface area contributed by atoms with E-state index in [1.807, 2.05) is 0 Å². The Morgan fingerprint density at radius 3 is 2.03 bits per heavy atom. The molecule has 0 atom stereocenters. The number of imide groups is 1. The van der Waals surface area contributed by atoms with Crippen molar-refractivity contribution in [2.75, 3.05) is 10.2 Å². The third kappa shape index (κ3) is 3.32. The summed E-state index contributed by atoms with van der Waals surface area (Å²) in [6.07, 6.45) is 0. The van der Waals surface area contributed by atoms with Gasteiger partial charge in [-0.15, -0.1) is 0 Å². The monoisotopic (exact) mass is 384 g/mol. The van der Waals surface area contributed by atoms with Crippen LogP contribution in [0.15, 0.2) is 72.8 Å². The first-order valence-electron chi connectivity index (χ1n) is 8.96. The number of carbonyl (C=O) groups excluding carboxylic acids is 4. The van der Waals surface area contributed by atoms with E-state index in [-0.39, 0.29) is 22.5 Å². The predicted molar refractivity (Wildman–Crippen MR) is 108 cm³/mol. The second kappa shape index (κ2) is 7.16. The Bertz CT molecular complexity index is 1150. The van der Waals surface area contributed by atoms with E-state index in [1.165, 1.54) is 25.1 Å². The van der Waals surface area contributed by atoms with E-state index < -0.39 is 17.7 Å². The number of para-hydroxylation sites is 1. The summed E-state index contributed by atoms with van der Waals surface area (Å²) >= 11 is 0. The minimum atomic E-state index is -0.461. The zero-order valence-corrected chi connectivity index (χ0v) is 15.5. The number of anilines is 2. The summed E-state index contributed by atoms with van der Waals surface area (Å²) in [5.74, 6) is -1.35. The molecule has 0 radical (unpaired) electrons. The van der Waals surface area contributed by atoms with Gasteiger partial charge in [-0.25, -0.2) is 4.90 Å². The van der Waals surface area contributed by atoms with E-state index in [1.54, 1.807) is 54.6 Å². The van der Waals surface area contributed by atoms with Gasteiger partial charge in [0.15, 0.2) is 5.78 Å². The Labute approximate surface area is 166 Å². The first kappa shape index (κ1) is 18.3.